The number of amides is 1. The van der Waals surface area contributed by atoms with Gasteiger partial charge < -0.3 is 5.32 Å². The summed E-state index contributed by atoms with van der Waals surface area (Å²) in [6.45, 7) is 4.10. The molecule has 1 rings (SSSR count). The standard InChI is InChI=1S/C10H13Cl2N3O2/c1-3-4-13-9(16)6(2)15-5-14-8(12)7(11)10(15)17/h5-6H,3-4H2,1-2H3,(H,13,16). The molecule has 1 amide bonds. The highest BCUT2D eigenvalue weighted by Gasteiger charge is 2.18. The van der Waals surface area contributed by atoms with E-state index >= 15 is 0 Å². The first-order valence-electron chi connectivity index (χ1n) is 5.18. The maximum atomic E-state index is 11.7. The van der Waals surface area contributed by atoms with Crippen molar-refractivity contribution in [2.45, 2.75) is 26.3 Å². The maximum absolute atomic E-state index is 11.7. The van der Waals surface area contributed by atoms with E-state index in [-0.39, 0.29) is 16.1 Å². The maximum Gasteiger partial charge on any atom is 0.274 e. The summed E-state index contributed by atoms with van der Waals surface area (Å²) < 4.78 is 1.15. The lowest BCUT2D eigenvalue weighted by atomic mass is 10.3. The molecule has 1 atom stereocenters. The summed E-state index contributed by atoms with van der Waals surface area (Å²) in [4.78, 5) is 27.2. The first-order chi connectivity index (χ1) is 7.99. The van der Waals surface area contributed by atoms with E-state index in [2.05, 4.69) is 10.3 Å². The Hall–Kier alpha value is -1.07. The molecule has 1 unspecified atom stereocenters. The van der Waals surface area contributed by atoms with Gasteiger partial charge in [-0.25, -0.2) is 4.98 Å². The van der Waals surface area contributed by atoms with Crippen LogP contribution in [0.2, 0.25) is 10.2 Å². The van der Waals surface area contributed by atoms with Gasteiger partial charge in [-0.05, 0) is 13.3 Å². The third-order valence-electron chi connectivity index (χ3n) is 2.24. The summed E-state index contributed by atoms with van der Waals surface area (Å²) in [5.41, 5.74) is -0.522. The van der Waals surface area contributed by atoms with Crippen LogP contribution in [0.5, 0.6) is 0 Å². The fraction of sp³-hybridized carbons (Fsp3) is 0.500. The topological polar surface area (TPSA) is 64.0 Å². The molecule has 0 aliphatic rings. The smallest absolute Gasteiger partial charge is 0.274 e. The van der Waals surface area contributed by atoms with E-state index < -0.39 is 11.6 Å². The van der Waals surface area contributed by atoms with Crippen LogP contribution in [0, 0.1) is 0 Å². The number of hydrogen-bond acceptors (Lipinski definition) is 3. The van der Waals surface area contributed by atoms with Crippen molar-refractivity contribution in [1.82, 2.24) is 14.9 Å². The van der Waals surface area contributed by atoms with Crippen molar-refractivity contribution in [1.29, 1.82) is 0 Å². The van der Waals surface area contributed by atoms with Gasteiger partial charge in [0.05, 0.1) is 0 Å². The lowest BCUT2D eigenvalue weighted by Gasteiger charge is -2.14. The summed E-state index contributed by atoms with van der Waals surface area (Å²) >= 11 is 11.3. The lowest BCUT2D eigenvalue weighted by Crippen LogP contribution is -2.36. The van der Waals surface area contributed by atoms with E-state index in [1.807, 2.05) is 6.92 Å². The Labute approximate surface area is 109 Å². The van der Waals surface area contributed by atoms with E-state index in [1.54, 1.807) is 6.92 Å². The molecule has 17 heavy (non-hydrogen) atoms. The van der Waals surface area contributed by atoms with Crippen LogP contribution in [-0.2, 0) is 4.79 Å². The number of halogens is 2. The Balaban J connectivity index is 2.97. The molecule has 94 valence electrons. The third kappa shape index (κ3) is 3.20. The second-order valence-electron chi connectivity index (χ2n) is 3.53. The highest BCUT2D eigenvalue weighted by atomic mass is 35.5. The first kappa shape index (κ1) is 14.0. The van der Waals surface area contributed by atoms with Crippen LogP contribution in [0.15, 0.2) is 11.1 Å². The van der Waals surface area contributed by atoms with Gasteiger partial charge in [0.2, 0.25) is 5.91 Å². The molecule has 5 nitrogen and oxygen atoms in total. The van der Waals surface area contributed by atoms with Crippen molar-refractivity contribution >= 4 is 29.1 Å². The second kappa shape index (κ2) is 6.02. The normalized spacial score (nSPS) is 12.2. The predicted molar refractivity (Wildman–Crippen MR) is 66.5 cm³/mol. The molecular weight excluding hydrogens is 265 g/mol. The van der Waals surface area contributed by atoms with Gasteiger partial charge in [0, 0.05) is 6.54 Å². The van der Waals surface area contributed by atoms with Gasteiger partial charge in [0.1, 0.15) is 17.4 Å². The summed E-state index contributed by atoms with van der Waals surface area (Å²) in [5, 5.41) is 2.45. The summed E-state index contributed by atoms with van der Waals surface area (Å²) in [6.07, 6.45) is 2.04. The van der Waals surface area contributed by atoms with Crippen LogP contribution in [0.3, 0.4) is 0 Å². The number of nitrogens with one attached hydrogen (secondary N) is 1. The number of carbonyl (C=O) groups excluding carboxylic acids is 1. The van der Waals surface area contributed by atoms with Gasteiger partial charge in [-0.3, -0.25) is 14.2 Å². The molecule has 0 aliphatic carbocycles. The zero-order chi connectivity index (χ0) is 13.0. The Morgan fingerprint density at radius 1 is 1.59 bits per heavy atom. The van der Waals surface area contributed by atoms with Gasteiger partial charge in [-0.2, -0.15) is 0 Å². The average molecular weight is 278 g/mol. The highest BCUT2D eigenvalue weighted by molar-refractivity contribution is 6.40. The minimum absolute atomic E-state index is 0.0610. The molecule has 0 aliphatic heterocycles. The molecule has 0 aromatic carbocycles. The van der Waals surface area contributed by atoms with Gasteiger partial charge in [-0.1, -0.05) is 30.1 Å². The number of aromatic nitrogens is 2. The Bertz CT molecular complexity index is 473. The molecule has 0 spiro atoms. The molecule has 1 aromatic rings. The van der Waals surface area contributed by atoms with Gasteiger partial charge in [-0.15, -0.1) is 0 Å². The minimum Gasteiger partial charge on any atom is -0.354 e. The number of nitrogens with zero attached hydrogens (tertiary/aromatic N) is 2. The predicted octanol–water partition coefficient (Wildman–Crippen LogP) is 1.64. The van der Waals surface area contributed by atoms with E-state index in [1.165, 1.54) is 6.33 Å². The number of hydrogen-bond donors (Lipinski definition) is 1. The number of carbonyl (C=O) groups is 1. The minimum atomic E-state index is -0.670. The van der Waals surface area contributed by atoms with Crippen LogP contribution in [0.25, 0.3) is 0 Å². The molecule has 0 fully saturated rings. The molecular formula is C10H13Cl2N3O2. The monoisotopic (exact) mass is 277 g/mol. The zero-order valence-electron chi connectivity index (χ0n) is 9.54. The van der Waals surface area contributed by atoms with Crippen LogP contribution in [0.4, 0.5) is 0 Å². The molecule has 0 bridgehead atoms. The van der Waals surface area contributed by atoms with Crippen LogP contribution in [-0.4, -0.2) is 22.0 Å². The largest absolute Gasteiger partial charge is 0.354 e. The fourth-order valence-corrected chi connectivity index (χ4v) is 1.49. The van der Waals surface area contributed by atoms with Crippen LogP contribution in [0.1, 0.15) is 26.3 Å². The molecule has 1 aromatic heterocycles. The molecule has 0 saturated heterocycles. The van der Waals surface area contributed by atoms with Crippen molar-refractivity contribution < 1.29 is 4.79 Å². The Morgan fingerprint density at radius 2 is 2.24 bits per heavy atom. The van der Waals surface area contributed by atoms with Crippen molar-refractivity contribution in [3.63, 3.8) is 0 Å². The molecule has 0 radical (unpaired) electrons. The molecule has 1 N–H and O–H groups in total. The third-order valence-corrected chi connectivity index (χ3v) is 2.97. The summed E-state index contributed by atoms with van der Waals surface area (Å²) in [5.74, 6) is -0.255. The number of rotatable bonds is 4. The lowest BCUT2D eigenvalue weighted by molar-refractivity contribution is -0.123. The van der Waals surface area contributed by atoms with Crippen molar-refractivity contribution in [3.8, 4) is 0 Å². The molecule has 7 heteroatoms. The molecule has 0 saturated carbocycles. The van der Waals surface area contributed by atoms with Crippen molar-refractivity contribution in [2.75, 3.05) is 6.54 Å². The van der Waals surface area contributed by atoms with Crippen molar-refractivity contribution in [3.05, 3.63) is 26.9 Å². The van der Waals surface area contributed by atoms with E-state index in [9.17, 15) is 9.59 Å². The van der Waals surface area contributed by atoms with E-state index in [0.29, 0.717) is 6.54 Å². The van der Waals surface area contributed by atoms with Gasteiger partial charge in [0.15, 0.2) is 5.15 Å². The zero-order valence-corrected chi connectivity index (χ0v) is 11.0. The highest BCUT2D eigenvalue weighted by Crippen LogP contribution is 2.14. The first-order valence-corrected chi connectivity index (χ1v) is 5.94. The van der Waals surface area contributed by atoms with Crippen LogP contribution >= 0.6 is 23.2 Å². The average Bonchev–Trinajstić information content (AvgIpc) is 2.32. The Morgan fingerprint density at radius 3 is 2.82 bits per heavy atom. The van der Waals surface area contributed by atoms with Crippen LogP contribution < -0.4 is 10.9 Å². The SMILES string of the molecule is CCCNC(=O)C(C)n1cnc(Cl)c(Cl)c1=O. The quantitative estimate of drug-likeness (QED) is 0.851. The van der Waals surface area contributed by atoms with Gasteiger partial charge >= 0.3 is 0 Å². The van der Waals surface area contributed by atoms with Gasteiger partial charge in [0.25, 0.3) is 5.56 Å². The van der Waals surface area contributed by atoms with Crippen molar-refractivity contribution in [2.24, 2.45) is 0 Å². The van der Waals surface area contributed by atoms with E-state index in [0.717, 1.165) is 11.0 Å². The second-order valence-corrected chi connectivity index (χ2v) is 4.26. The summed E-state index contributed by atoms with van der Waals surface area (Å²) in [6, 6.07) is -0.670. The van der Waals surface area contributed by atoms with E-state index in [4.69, 9.17) is 23.2 Å². The Kier molecular flexibility index (Phi) is 4.96. The fourth-order valence-electron chi connectivity index (χ4n) is 1.22. The summed E-state index contributed by atoms with van der Waals surface area (Å²) in [7, 11) is 0. The molecule has 1 heterocycles.